The van der Waals surface area contributed by atoms with Gasteiger partial charge in [0.2, 0.25) is 0 Å². The molecule has 0 aromatic rings. The van der Waals surface area contributed by atoms with Crippen LogP contribution in [0.2, 0.25) is 0 Å². The third-order valence-electron chi connectivity index (χ3n) is 3.15. The van der Waals surface area contributed by atoms with E-state index in [0.29, 0.717) is 19.5 Å². The van der Waals surface area contributed by atoms with E-state index in [2.05, 4.69) is 25.7 Å². The second-order valence-electron chi connectivity index (χ2n) is 5.90. The molecule has 4 nitrogen and oxygen atoms in total. The number of likely N-dealkylation sites (N-methyl/N-ethyl adjacent to an activating group) is 1. The van der Waals surface area contributed by atoms with E-state index in [1.165, 1.54) is 0 Å². The smallest absolute Gasteiger partial charge is 0.317 e. The molecule has 0 amide bonds. The minimum atomic E-state index is -0.843. The predicted octanol–water partition coefficient (Wildman–Crippen LogP) is 1.21. The Morgan fingerprint density at radius 2 is 2.12 bits per heavy atom. The van der Waals surface area contributed by atoms with Crippen LogP contribution in [0.1, 0.15) is 27.2 Å². The van der Waals surface area contributed by atoms with Crippen LogP contribution in [0.3, 0.4) is 0 Å². The Balaban J connectivity index is 2.59. The van der Waals surface area contributed by atoms with E-state index in [-0.39, 0.29) is 18.1 Å². The number of carbonyl (C=O) groups is 1. The molecular formula is C12H23FN2O2. The fraction of sp³-hybridized carbons (Fsp3) is 0.917. The molecule has 2 unspecified atom stereocenters. The Kier molecular flexibility index (Phi) is 4.49. The second kappa shape index (κ2) is 5.31. The van der Waals surface area contributed by atoms with Gasteiger partial charge in [-0.1, -0.05) is 0 Å². The summed E-state index contributed by atoms with van der Waals surface area (Å²) in [4.78, 5) is 14.5. The van der Waals surface area contributed by atoms with Crippen LogP contribution in [-0.2, 0) is 4.79 Å². The SMILES string of the molecule is CN(CC(=O)O)CC1CC(F)CN1C(C)(C)C. The molecule has 1 aliphatic heterocycles. The molecule has 1 saturated heterocycles. The highest BCUT2D eigenvalue weighted by Gasteiger charge is 2.38. The lowest BCUT2D eigenvalue weighted by Gasteiger charge is -2.38. The molecule has 2 atom stereocenters. The Morgan fingerprint density at radius 3 is 2.59 bits per heavy atom. The number of carboxylic acid groups (broad SMARTS) is 1. The molecule has 1 fully saturated rings. The molecule has 1 aliphatic rings. The summed E-state index contributed by atoms with van der Waals surface area (Å²) in [7, 11) is 1.76. The van der Waals surface area contributed by atoms with Crippen molar-refractivity contribution < 1.29 is 14.3 Å². The first-order valence-corrected chi connectivity index (χ1v) is 6.01. The second-order valence-corrected chi connectivity index (χ2v) is 5.90. The van der Waals surface area contributed by atoms with Crippen molar-refractivity contribution in [3.8, 4) is 0 Å². The van der Waals surface area contributed by atoms with Crippen molar-refractivity contribution in [2.24, 2.45) is 0 Å². The van der Waals surface area contributed by atoms with E-state index >= 15 is 0 Å². The predicted molar refractivity (Wildman–Crippen MR) is 64.9 cm³/mol. The zero-order valence-corrected chi connectivity index (χ0v) is 11.1. The largest absolute Gasteiger partial charge is 0.480 e. The Morgan fingerprint density at radius 1 is 1.53 bits per heavy atom. The zero-order valence-electron chi connectivity index (χ0n) is 11.1. The van der Waals surface area contributed by atoms with Gasteiger partial charge in [0.15, 0.2) is 0 Å². The topological polar surface area (TPSA) is 43.8 Å². The number of rotatable bonds is 4. The van der Waals surface area contributed by atoms with Gasteiger partial charge in [-0.05, 0) is 34.2 Å². The van der Waals surface area contributed by atoms with Gasteiger partial charge in [0.1, 0.15) is 6.17 Å². The number of likely N-dealkylation sites (tertiary alicyclic amines) is 1. The molecule has 0 saturated carbocycles. The highest BCUT2D eigenvalue weighted by Crippen LogP contribution is 2.28. The maximum atomic E-state index is 13.5. The summed E-state index contributed by atoms with van der Waals surface area (Å²) in [6.07, 6.45) is -0.293. The highest BCUT2D eigenvalue weighted by molar-refractivity contribution is 5.69. The van der Waals surface area contributed by atoms with E-state index in [4.69, 9.17) is 5.11 Å². The number of halogens is 1. The molecule has 0 aliphatic carbocycles. The first-order valence-electron chi connectivity index (χ1n) is 6.01. The summed E-state index contributed by atoms with van der Waals surface area (Å²) in [5, 5.41) is 8.71. The average Bonchev–Trinajstić information content (AvgIpc) is 2.43. The lowest BCUT2D eigenvalue weighted by Crippen LogP contribution is -2.49. The van der Waals surface area contributed by atoms with Crippen molar-refractivity contribution in [3.63, 3.8) is 0 Å². The number of alkyl halides is 1. The molecule has 0 radical (unpaired) electrons. The summed E-state index contributed by atoms with van der Waals surface area (Å²) in [5.41, 5.74) is -0.0738. The monoisotopic (exact) mass is 246 g/mol. The summed E-state index contributed by atoms with van der Waals surface area (Å²) in [6.45, 7) is 7.25. The lowest BCUT2D eigenvalue weighted by atomic mass is 10.0. The first-order chi connectivity index (χ1) is 7.70. The summed E-state index contributed by atoms with van der Waals surface area (Å²) < 4.78 is 13.5. The minimum Gasteiger partial charge on any atom is -0.480 e. The van der Waals surface area contributed by atoms with Crippen LogP contribution in [0.5, 0.6) is 0 Å². The van der Waals surface area contributed by atoms with E-state index in [0.717, 1.165) is 0 Å². The van der Waals surface area contributed by atoms with Crippen molar-refractivity contribution in [1.82, 2.24) is 9.80 Å². The Hall–Kier alpha value is -0.680. The lowest BCUT2D eigenvalue weighted by molar-refractivity contribution is -0.138. The quantitative estimate of drug-likeness (QED) is 0.810. The van der Waals surface area contributed by atoms with Crippen LogP contribution >= 0.6 is 0 Å². The minimum absolute atomic E-state index is 0.00539. The van der Waals surface area contributed by atoms with Crippen LogP contribution in [0.25, 0.3) is 0 Å². The fourth-order valence-corrected chi connectivity index (χ4v) is 2.51. The van der Waals surface area contributed by atoms with Gasteiger partial charge in [-0.2, -0.15) is 0 Å². The van der Waals surface area contributed by atoms with Crippen LogP contribution in [0.15, 0.2) is 0 Å². The number of hydrogen-bond acceptors (Lipinski definition) is 3. The molecule has 0 aromatic heterocycles. The van der Waals surface area contributed by atoms with Gasteiger partial charge in [-0.25, -0.2) is 4.39 Å². The van der Waals surface area contributed by atoms with Gasteiger partial charge >= 0.3 is 5.97 Å². The Labute approximate surface area is 102 Å². The van der Waals surface area contributed by atoms with Crippen LogP contribution in [0, 0.1) is 0 Å². The van der Waals surface area contributed by atoms with Crippen molar-refractivity contribution in [1.29, 1.82) is 0 Å². The third kappa shape index (κ3) is 4.24. The molecule has 1 N–H and O–H groups in total. The molecule has 0 spiro atoms. The number of hydrogen-bond donors (Lipinski definition) is 1. The molecule has 100 valence electrons. The third-order valence-corrected chi connectivity index (χ3v) is 3.15. The van der Waals surface area contributed by atoms with E-state index < -0.39 is 12.1 Å². The van der Waals surface area contributed by atoms with Crippen LogP contribution < -0.4 is 0 Å². The average molecular weight is 246 g/mol. The molecule has 17 heavy (non-hydrogen) atoms. The molecule has 0 bridgehead atoms. The number of carboxylic acids is 1. The van der Waals surface area contributed by atoms with Crippen molar-refractivity contribution in [2.75, 3.05) is 26.7 Å². The maximum Gasteiger partial charge on any atom is 0.317 e. The molecule has 5 heteroatoms. The molecule has 1 heterocycles. The standard InChI is InChI=1S/C12H23FN2O2/c1-12(2,3)15-6-9(13)5-10(15)7-14(4)8-11(16)17/h9-10H,5-8H2,1-4H3,(H,16,17). The van der Waals surface area contributed by atoms with Gasteiger partial charge in [-0.3, -0.25) is 14.6 Å². The Bertz CT molecular complexity index is 278. The van der Waals surface area contributed by atoms with Gasteiger partial charge < -0.3 is 5.11 Å². The normalized spacial score (nSPS) is 26.7. The van der Waals surface area contributed by atoms with E-state index in [1.807, 2.05) is 0 Å². The van der Waals surface area contributed by atoms with Gasteiger partial charge in [0.05, 0.1) is 6.54 Å². The zero-order chi connectivity index (χ0) is 13.2. The van der Waals surface area contributed by atoms with Crippen molar-refractivity contribution in [2.45, 2.75) is 44.9 Å². The first kappa shape index (κ1) is 14.4. The molecule has 1 rings (SSSR count). The van der Waals surface area contributed by atoms with E-state index in [1.54, 1.807) is 11.9 Å². The molecular weight excluding hydrogens is 223 g/mol. The maximum absolute atomic E-state index is 13.5. The fourth-order valence-electron chi connectivity index (χ4n) is 2.51. The van der Waals surface area contributed by atoms with Gasteiger partial charge in [0, 0.05) is 24.7 Å². The summed E-state index contributed by atoms with van der Waals surface area (Å²) >= 11 is 0. The highest BCUT2D eigenvalue weighted by atomic mass is 19.1. The number of nitrogens with zero attached hydrogens (tertiary/aromatic N) is 2. The molecule has 0 aromatic carbocycles. The van der Waals surface area contributed by atoms with Crippen LogP contribution in [0.4, 0.5) is 4.39 Å². The summed E-state index contributed by atoms with van der Waals surface area (Å²) in [5.74, 6) is -0.843. The van der Waals surface area contributed by atoms with E-state index in [9.17, 15) is 9.18 Å². The van der Waals surface area contributed by atoms with Crippen LogP contribution in [-0.4, -0.2) is 65.3 Å². The summed E-state index contributed by atoms with van der Waals surface area (Å²) in [6, 6.07) is 0.106. The van der Waals surface area contributed by atoms with Crippen molar-refractivity contribution in [3.05, 3.63) is 0 Å². The number of aliphatic carboxylic acids is 1. The van der Waals surface area contributed by atoms with Crippen molar-refractivity contribution >= 4 is 5.97 Å². The van der Waals surface area contributed by atoms with Gasteiger partial charge in [0.25, 0.3) is 0 Å². The van der Waals surface area contributed by atoms with Gasteiger partial charge in [-0.15, -0.1) is 0 Å².